The smallest absolute Gasteiger partial charge is 0.337 e. The van der Waals surface area contributed by atoms with E-state index >= 15 is 0 Å². The molecule has 1 aliphatic rings. The van der Waals surface area contributed by atoms with Gasteiger partial charge in [-0.3, -0.25) is 4.79 Å². The molecule has 1 aromatic carbocycles. The Morgan fingerprint density at radius 3 is 2.62 bits per heavy atom. The predicted octanol–water partition coefficient (Wildman–Crippen LogP) is 2.99. The van der Waals surface area contributed by atoms with Crippen LogP contribution in [-0.4, -0.2) is 45.1 Å². The highest BCUT2D eigenvalue weighted by atomic mass is 19.4. The van der Waals surface area contributed by atoms with Crippen LogP contribution in [0.25, 0.3) is 5.69 Å². The number of aryl methyl sites for hydroxylation is 1. The van der Waals surface area contributed by atoms with E-state index in [2.05, 4.69) is 10.3 Å². The van der Waals surface area contributed by atoms with Gasteiger partial charge in [0, 0.05) is 13.1 Å². The average Bonchev–Trinajstić information content (AvgIpc) is 3.04. The molecule has 1 aliphatic heterocycles. The molecule has 2 heterocycles. The van der Waals surface area contributed by atoms with Gasteiger partial charge in [-0.2, -0.15) is 13.2 Å². The van der Waals surface area contributed by atoms with Gasteiger partial charge in [0.1, 0.15) is 0 Å². The number of aromatic nitrogens is 3. The number of likely N-dealkylation sites (tertiary alicyclic amines) is 1. The minimum Gasteiger partial charge on any atom is -0.337 e. The largest absolute Gasteiger partial charge is 0.393 e. The highest BCUT2D eigenvalue weighted by Gasteiger charge is 2.43. The molecule has 8 heteroatoms. The SMILES string of the molecule is Cc1ccc(-n2cc(C(=O)N3CCC[C@@H](C(F)(F)F)C3)nn2)cc1. The second-order valence-electron chi connectivity index (χ2n) is 6.02. The zero-order valence-electron chi connectivity index (χ0n) is 13.1. The lowest BCUT2D eigenvalue weighted by Crippen LogP contribution is -2.44. The molecule has 5 nitrogen and oxygen atoms in total. The van der Waals surface area contributed by atoms with Crippen LogP contribution in [0.4, 0.5) is 13.2 Å². The van der Waals surface area contributed by atoms with E-state index in [4.69, 9.17) is 0 Å². The minimum absolute atomic E-state index is 0.0541. The van der Waals surface area contributed by atoms with Crippen LogP contribution in [0.15, 0.2) is 30.5 Å². The first kappa shape index (κ1) is 16.5. The summed E-state index contributed by atoms with van der Waals surface area (Å²) >= 11 is 0. The van der Waals surface area contributed by atoms with Crippen LogP contribution < -0.4 is 0 Å². The summed E-state index contributed by atoms with van der Waals surface area (Å²) in [6.45, 7) is 1.94. The molecular formula is C16H17F3N4O. The first-order chi connectivity index (χ1) is 11.3. The summed E-state index contributed by atoms with van der Waals surface area (Å²) < 4.78 is 40.0. The van der Waals surface area contributed by atoms with Crippen LogP contribution in [-0.2, 0) is 0 Å². The topological polar surface area (TPSA) is 51.0 Å². The number of alkyl halides is 3. The first-order valence-electron chi connectivity index (χ1n) is 7.70. The number of piperidine rings is 1. The number of carbonyl (C=O) groups excluding carboxylic acids is 1. The summed E-state index contributed by atoms with van der Waals surface area (Å²) in [5, 5.41) is 7.71. The second kappa shape index (κ2) is 6.26. The Bertz CT molecular complexity index is 724. The third-order valence-corrected chi connectivity index (χ3v) is 4.18. The maximum absolute atomic E-state index is 12.9. The van der Waals surface area contributed by atoms with Crippen molar-refractivity contribution in [2.75, 3.05) is 13.1 Å². The highest BCUT2D eigenvalue weighted by molar-refractivity contribution is 5.92. The van der Waals surface area contributed by atoms with Crippen molar-refractivity contribution in [2.24, 2.45) is 5.92 Å². The zero-order chi connectivity index (χ0) is 17.3. The van der Waals surface area contributed by atoms with Crippen molar-refractivity contribution in [2.45, 2.75) is 25.9 Å². The summed E-state index contributed by atoms with van der Waals surface area (Å²) in [4.78, 5) is 13.6. The molecule has 0 unspecified atom stereocenters. The number of rotatable bonds is 2. The molecule has 3 rings (SSSR count). The summed E-state index contributed by atoms with van der Waals surface area (Å²) in [6.07, 6.45) is -2.44. The molecule has 1 saturated heterocycles. The van der Waals surface area contributed by atoms with Crippen LogP contribution in [0.1, 0.15) is 28.9 Å². The monoisotopic (exact) mass is 338 g/mol. The molecule has 1 atom stereocenters. The molecule has 0 saturated carbocycles. The van der Waals surface area contributed by atoms with Gasteiger partial charge < -0.3 is 4.90 Å². The van der Waals surface area contributed by atoms with E-state index in [9.17, 15) is 18.0 Å². The average molecular weight is 338 g/mol. The van der Waals surface area contributed by atoms with Crippen molar-refractivity contribution < 1.29 is 18.0 Å². The van der Waals surface area contributed by atoms with Crippen LogP contribution >= 0.6 is 0 Å². The van der Waals surface area contributed by atoms with Crippen molar-refractivity contribution in [1.82, 2.24) is 19.9 Å². The molecule has 1 fully saturated rings. The molecule has 1 aromatic heterocycles. The van der Waals surface area contributed by atoms with Gasteiger partial charge in [0.05, 0.1) is 17.8 Å². The van der Waals surface area contributed by atoms with E-state index in [0.29, 0.717) is 13.0 Å². The van der Waals surface area contributed by atoms with Gasteiger partial charge in [0.2, 0.25) is 0 Å². The second-order valence-corrected chi connectivity index (χ2v) is 6.02. The Morgan fingerprint density at radius 2 is 1.96 bits per heavy atom. The van der Waals surface area contributed by atoms with E-state index in [1.54, 1.807) is 0 Å². The molecular weight excluding hydrogens is 321 g/mol. The van der Waals surface area contributed by atoms with E-state index in [1.165, 1.54) is 15.8 Å². The zero-order valence-corrected chi connectivity index (χ0v) is 13.1. The lowest BCUT2D eigenvalue weighted by Gasteiger charge is -2.33. The number of amides is 1. The van der Waals surface area contributed by atoms with Gasteiger partial charge in [-0.25, -0.2) is 4.68 Å². The van der Waals surface area contributed by atoms with Gasteiger partial charge in [0.15, 0.2) is 5.69 Å². The standard InChI is InChI=1S/C16H17F3N4O/c1-11-4-6-13(7-5-11)23-10-14(20-21-23)15(24)22-8-2-3-12(9-22)16(17,18)19/h4-7,10,12H,2-3,8-9H2,1H3/t12-/m1/s1. The van der Waals surface area contributed by atoms with Gasteiger partial charge in [-0.1, -0.05) is 22.9 Å². The number of nitrogens with zero attached hydrogens (tertiary/aromatic N) is 4. The predicted molar refractivity (Wildman–Crippen MR) is 80.8 cm³/mol. The number of halogens is 3. The molecule has 24 heavy (non-hydrogen) atoms. The van der Waals surface area contributed by atoms with Crippen molar-refractivity contribution in [3.63, 3.8) is 0 Å². The Balaban J connectivity index is 1.75. The lowest BCUT2D eigenvalue weighted by molar-refractivity contribution is -0.184. The van der Waals surface area contributed by atoms with Crippen LogP contribution in [0.5, 0.6) is 0 Å². The first-order valence-corrected chi connectivity index (χ1v) is 7.70. The van der Waals surface area contributed by atoms with E-state index in [0.717, 1.165) is 11.3 Å². The van der Waals surface area contributed by atoms with Crippen molar-refractivity contribution >= 4 is 5.91 Å². The quantitative estimate of drug-likeness (QED) is 0.846. The number of carbonyl (C=O) groups is 1. The van der Waals surface area contributed by atoms with Gasteiger partial charge in [-0.05, 0) is 31.9 Å². The Kier molecular flexibility index (Phi) is 4.29. The summed E-state index contributed by atoms with van der Waals surface area (Å²) in [6, 6.07) is 7.46. The number of hydrogen-bond donors (Lipinski definition) is 0. The Morgan fingerprint density at radius 1 is 1.25 bits per heavy atom. The van der Waals surface area contributed by atoms with E-state index in [-0.39, 0.29) is 18.7 Å². The number of hydrogen-bond acceptors (Lipinski definition) is 3. The van der Waals surface area contributed by atoms with Crippen LogP contribution in [0, 0.1) is 12.8 Å². The minimum atomic E-state index is -4.28. The van der Waals surface area contributed by atoms with Gasteiger partial charge in [-0.15, -0.1) is 5.10 Å². The maximum Gasteiger partial charge on any atom is 0.393 e. The van der Waals surface area contributed by atoms with Crippen LogP contribution in [0.3, 0.4) is 0 Å². The molecule has 0 bridgehead atoms. The fourth-order valence-electron chi connectivity index (χ4n) is 2.78. The third kappa shape index (κ3) is 3.42. The lowest BCUT2D eigenvalue weighted by atomic mass is 9.97. The molecule has 0 spiro atoms. The van der Waals surface area contributed by atoms with Crippen LogP contribution in [0.2, 0.25) is 0 Å². The molecule has 0 aliphatic carbocycles. The van der Waals surface area contributed by atoms with Crippen molar-refractivity contribution in [3.8, 4) is 5.69 Å². The fraction of sp³-hybridized carbons (Fsp3) is 0.438. The summed E-state index contributed by atoms with van der Waals surface area (Å²) in [7, 11) is 0. The molecule has 0 N–H and O–H groups in total. The Labute approximate surface area is 137 Å². The fourth-order valence-corrected chi connectivity index (χ4v) is 2.78. The molecule has 1 amide bonds. The van der Waals surface area contributed by atoms with Gasteiger partial charge >= 0.3 is 6.18 Å². The number of benzene rings is 1. The third-order valence-electron chi connectivity index (χ3n) is 4.18. The van der Waals surface area contributed by atoms with Gasteiger partial charge in [0.25, 0.3) is 5.91 Å². The summed E-state index contributed by atoms with van der Waals surface area (Å²) in [5.41, 5.74) is 1.87. The highest BCUT2D eigenvalue weighted by Crippen LogP contribution is 2.33. The molecule has 0 radical (unpaired) electrons. The maximum atomic E-state index is 12.9. The van der Waals surface area contributed by atoms with E-state index in [1.807, 2.05) is 31.2 Å². The molecule has 128 valence electrons. The van der Waals surface area contributed by atoms with Crippen molar-refractivity contribution in [3.05, 3.63) is 41.7 Å². The van der Waals surface area contributed by atoms with E-state index < -0.39 is 18.0 Å². The summed E-state index contributed by atoms with van der Waals surface area (Å²) in [5.74, 6) is -1.98. The Hall–Kier alpha value is -2.38. The van der Waals surface area contributed by atoms with Crippen molar-refractivity contribution in [1.29, 1.82) is 0 Å². The molecule has 2 aromatic rings. The normalized spacial score (nSPS) is 18.7.